The van der Waals surface area contributed by atoms with Gasteiger partial charge >= 0.3 is 6.09 Å². The Hall–Kier alpha value is -3.86. The predicted octanol–water partition coefficient (Wildman–Crippen LogP) is 4.79. The summed E-state index contributed by atoms with van der Waals surface area (Å²) >= 11 is 0. The number of fused-ring (bicyclic) bond motifs is 1. The molecule has 11 heteroatoms. The number of halogens is 1. The van der Waals surface area contributed by atoms with E-state index >= 15 is 0 Å². The van der Waals surface area contributed by atoms with Crippen LogP contribution in [0.4, 0.5) is 20.7 Å². The third kappa shape index (κ3) is 6.61. The molecule has 42 heavy (non-hydrogen) atoms. The Morgan fingerprint density at radius 2 is 1.81 bits per heavy atom. The summed E-state index contributed by atoms with van der Waals surface area (Å²) in [5.41, 5.74) is 1.80. The number of likely N-dealkylation sites (N-methyl/N-ethyl adjacent to an activating group) is 1. The van der Waals surface area contributed by atoms with Gasteiger partial charge in [0, 0.05) is 80.6 Å². The van der Waals surface area contributed by atoms with E-state index in [4.69, 9.17) is 4.74 Å². The maximum absolute atomic E-state index is 14.1. The number of hydrogen-bond donors (Lipinski definition) is 2. The minimum Gasteiger partial charge on any atom is -0.410 e. The third-order valence-electron chi connectivity index (χ3n) is 8.00. The molecular formula is C31H42FN7O3. The van der Waals surface area contributed by atoms with Gasteiger partial charge in [-0.1, -0.05) is 0 Å². The molecule has 0 atom stereocenters. The highest BCUT2D eigenvalue weighted by molar-refractivity contribution is 6.07. The van der Waals surface area contributed by atoms with Gasteiger partial charge in [0.2, 0.25) is 0 Å². The van der Waals surface area contributed by atoms with E-state index in [9.17, 15) is 14.0 Å². The van der Waals surface area contributed by atoms with Crippen molar-refractivity contribution in [1.82, 2.24) is 24.7 Å². The van der Waals surface area contributed by atoms with Crippen molar-refractivity contribution in [1.29, 1.82) is 0 Å². The van der Waals surface area contributed by atoms with Gasteiger partial charge in [-0.2, -0.15) is 0 Å². The highest BCUT2D eigenvalue weighted by Crippen LogP contribution is 2.32. The number of carbonyl (C=O) groups excluding carboxylic acids is 2. The van der Waals surface area contributed by atoms with Crippen molar-refractivity contribution in [3.8, 4) is 5.75 Å². The molecule has 0 saturated carbocycles. The second-order valence-corrected chi connectivity index (χ2v) is 12.3. The van der Waals surface area contributed by atoms with E-state index in [0.29, 0.717) is 49.7 Å². The molecule has 0 radical (unpaired) electrons. The Kier molecular flexibility index (Phi) is 8.58. The summed E-state index contributed by atoms with van der Waals surface area (Å²) < 4.78 is 19.8. The summed E-state index contributed by atoms with van der Waals surface area (Å²) in [6.45, 7) is 13.0. The number of aromatic amines is 1. The number of amides is 2. The van der Waals surface area contributed by atoms with Crippen molar-refractivity contribution < 1.29 is 18.7 Å². The zero-order valence-corrected chi connectivity index (χ0v) is 25.2. The van der Waals surface area contributed by atoms with Crippen LogP contribution in [-0.2, 0) is 0 Å². The number of piperidine rings is 1. The molecule has 226 valence electrons. The van der Waals surface area contributed by atoms with Gasteiger partial charge in [0.05, 0.1) is 17.4 Å². The molecule has 0 bridgehead atoms. The maximum atomic E-state index is 14.1. The van der Waals surface area contributed by atoms with Gasteiger partial charge in [0.1, 0.15) is 11.6 Å². The number of hydrogen-bond acceptors (Lipinski definition) is 7. The molecule has 2 aliphatic rings. The molecule has 2 aromatic heterocycles. The van der Waals surface area contributed by atoms with Crippen LogP contribution >= 0.6 is 0 Å². The molecule has 0 spiro atoms. The van der Waals surface area contributed by atoms with Crippen molar-refractivity contribution in [2.45, 2.75) is 52.1 Å². The van der Waals surface area contributed by atoms with E-state index in [1.54, 1.807) is 23.2 Å². The molecule has 10 nitrogen and oxygen atoms in total. The largest absolute Gasteiger partial charge is 0.415 e. The Morgan fingerprint density at radius 3 is 2.48 bits per heavy atom. The monoisotopic (exact) mass is 579 g/mol. The van der Waals surface area contributed by atoms with Crippen LogP contribution < -0.4 is 15.0 Å². The number of aromatic nitrogens is 2. The van der Waals surface area contributed by atoms with E-state index < -0.39 is 0 Å². The number of ether oxygens (including phenoxy) is 1. The van der Waals surface area contributed by atoms with Crippen molar-refractivity contribution in [2.24, 2.45) is 0 Å². The van der Waals surface area contributed by atoms with Crippen molar-refractivity contribution >= 4 is 34.4 Å². The van der Waals surface area contributed by atoms with Gasteiger partial charge in [0.25, 0.3) is 5.91 Å². The van der Waals surface area contributed by atoms with Crippen LogP contribution in [0.2, 0.25) is 0 Å². The van der Waals surface area contributed by atoms with Gasteiger partial charge in [-0.05, 0) is 65.8 Å². The first-order valence-electron chi connectivity index (χ1n) is 14.8. The van der Waals surface area contributed by atoms with Crippen LogP contribution in [0.5, 0.6) is 5.75 Å². The fourth-order valence-corrected chi connectivity index (χ4v) is 5.78. The van der Waals surface area contributed by atoms with Gasteiger partial charge < -0.3 is 34.6 Å². The lowest BCUT2D eigenvalue weighted by Gasteiger charge is -2.40. The molecule has 0 aliphatic carbocycles. The first-order valence-corrected chi connectivity index (χ1v) is 14.8. The Labute approximate surface area is 246 Å². The summed E-state index contributed by atoms with van der Waals surface area (Å²) in [5, 5.41) is 4.13. The molecule has 2 saturated heterocycles. The van der Waals surface area contributed by atoms with Crippen LogP contribution in [0.25, 0.3) is 10.9 Å². The molecular weight excluding hydrogens is 537 g/mol. The van der Waals surface area contributed by atoms with Crippen LogP contribution in [0.3, 0.4) is 0 Å². The van der Waals surface area contributed by atoms with E-state index in [1.807, 2.05) is 38.8 Å². The third-order valence-corrected chi connectivity index (χ3v) is 8.00. The molecule has 0 unspecified atom stereocenters. The number of nitrogens with zero attached hydrogens (tertiary/aromatic N) is 5. The van der Waals surface area contributed by atoms with E-state index in [0.717, 1.165) is 42.7 Å². The molecule has 2 aliphatic heterocycles. The smallest absolute Gasteiger partial charge is 0.410 e. The van der Waals surface area contributed by atoms with Crippen LogP contribution in [0.15, 0.2) is 36.7 Å². The number of pyridine rings is 1. The zero-order chi connectivity index (χ0) is 30.0. The summed E-state index contributed by atoms with van der Waals surface area (Å²) in [4.78, 5) is 42.0. The molecule has 5 rings (SSSR count). The SMILES string of the molecule is CCN(c1ncc(F)cc1NC(C)(C)C)C1CCN(C(=O)c2c[nH]c3ccc(OC(=O)N4CCN(C)CC4)cc23)CC1. The van der Waals surface area contributed by atoms with Crippen LogP contribution in [-0.4, -0.2) is 101 Å². The molecule has 1 aromatic carbocycles. The predicted molar refractivity (Wildman–Crippen MR) is 163 cm³/mol. The summed E-state index contributed by atoms with van der Waals surface area (Å²) in [6.07, 6.45) is 4.16. The lowest BCUT2D eigenvalue weighted by Crippen LogP contribution is -2.48. The molecule has 3 aromatic rings. The van der Waals surface area contributed by atoms with Crippen molar-refractivity contribution in [3.05, 3.63) is 48.0 Å². The topological polar surface area (TPSA) is 97.0 Å². The Bertz CT molecular complexity index is 1420. The lowest BCUT2D eigenvalue weighted by atomic mass is 10.0. The summed E-state index contributed by atoms with van der Waals surface area (Å²) in [5.74, 6) is 0.718. The fourth-order valence-electron chi connectivity index (χ4n) is 5.78. The Balaban J connectivity index is 1.26. The lowest BCUT2D eigenvalue weighted by molar-refractivity contribution is 0.0714. The minimum atomic E-state index is -0.377. The average Bonchev–Trinajstić information content (AvgIpc) is 3.37. The van der Waals surface area contributed by atoms with Gasteiger partial charge in [0.15, 0.2) is 5.82 Å². The van der Waals surface area contributed by atoms with Gasteiger partial charge in [-0.25, -0.2) is 14.2 Å². The number of piperazine rings is 1. The minimum absolute atomic E-state index is 0.0553. The van der Waals surface area contributed by atoms with Crippen molar-refractivity contribution in [3.63, 3.8) is 0 Å². The van der Waals surface area contributed by atoms with Crippen LogP contribution in [0, 0.1) is 5.82 Å². The number of carbonyl (C=O) groups is 2. The highest BCUT2D eigenvalue weighted by Gasteiger charge is 2.30. The second-order valence-electron chi connectivity index (χ2n) is 12.3. The average molecular weight is 580 g/mol. The maximum Gasteiger partial charge on any atom is 0.415 e. The summed E-state index contributed by atoms with van der Waals surface area (Å²) in [7, 11) is 2.04. The molecule has 2 amide bonds. The number of benzene rings is 1. The summed E-state index contributed by atoms with van der Waals surface area (Å²) in [6, 6.07) is 7.02. The van der Waals surface area contributed by atoms with Gasteiger partial charge in [-0.15, -0.1) is 0 Å². The van der Waals surface area contributed by atoms with E-state index in [1.165, 1.54) is 12.3 Å². The van der Waals surface area contributed by atoms with Gasteiger partial charge in [-0.3, -0.25) is 4.79 Å². The quantitative estimate of drug-likeness (QED) is 0.434. The number of rotatable bonds is 6. The fraction of sp³-hybridized carbons (Fsp3) is 0.516. The van der Waals surface area contributed by atoms with Crippen LogP contribution in [0.1, 0.15) is 50.9 Å². The first-order chi connectivity index (χ1) is 20.0. The Morgan fingerprint density at radius 1 is 1.10 bits per heavy atom. The molecule has 4 heterocycles. The molecule has 2 fully saturated rings. The standard InChI is InChI=1S/C31H42FN7O3/c1-6-39(28-27(35-31(2,3)4)17-21(32)19-34-28)22-9-11-37(12-10-22)29(40)25-20-33-26-8-7-23(18-24(25)26)42-30(41)38-15-13-36(5)14-16-38/h7-8,17-20,22,33,35H,6,9-16H2,1-5H3. The normalized spacial score (nSPS) is 17.0. The number of H-pyrrole nitrogens is 1. The number of likely N-dealkylation sites (tertiary alicyclic amines) is 1. The molecule has 2 N–H and O–H groups in total. The van der Waals surface area contributed by atoms with Crippen molar-refractivity contribution in [2.75, 3.05) is 63.1 Å². The van der Waals surface area contributed by atoms with E-state index in [-0.39, 0.29) is 29.4 Å². The zero-order valence-electron chi connectivity index (χ0n) is 25.2. The number of nitrogens with one attached hydrogen (secondary N) is 2. The van der Waals surface area contributed by atoms with E-state index in [2.05, 4.69) is 32.0 Å². The highest BCUT2D eigenvalue weighted by atomic mass is 19.1. The first kappa shape index (κ1) is 29.6. The second kappa shape index (κ2) is 12.2. The number of anilines is 2.